The highest BCUT2D eigenvalue weighted by Gasteiger charge is 2.33. The molecule has 0 atom stereocenters. The fraction of sp³-hybridized carbons (Fsp3) is 0.231. The lowest BCUT2D eigenvalue weighted by Crippen LogP contribution is -2.26. The molecule has 9 heteroatoms. The van der Waals surface area contributed by atoms with Crippen LogP contribution in [-0.4, -0.2) is 31.1 Å². The molecule has 0 unspecified atom stereocenters. The predicted octanol–water partition coefficient (Wildman–Crippen LogP) is 3.86. The van der Waals surface area contributed by atoms with Crippen molar-refractivity contribution in [2.75, 3.05) is 11.9 Å². The molecule has 0 saturated carbocycles. The average Bonchev–Trinajstić information content (AvgIpc) is 3.43. The maximum absolute atomic E-state index is 13.1. The van der Waals surface area contributed by atoms with Gasteiger partial charge in [0.25, 0.3) is 5.91 Å². The molecule has 8 nitrogen and oxygen atoms in total. The molecule has 2 heterocycles. The number of sulfonamides is 1. The number of furan rings is 1. The van der Waals surface area contributed by atoms with Gasteiger partial charge in [-0.05, 0) is 55.2 Å². The molecule has 0 saturated heterocycles. The smallest absolute Gasteiger partial charge is 0.251 e. The molecule has 2 N–H and O–H groups in total. The van der Waals surface area contributed by atoms with Gasteiger partial charge in [0.1, 0.15) is 5.76 Å². The molecule has 1 aromatic heterocycles. The Morgan fingerprint density at radius 3 is 2.46 bits per heavy atom. The maximum Gasteiger partial charge on any atom is 0.251 e. The minimum absolute atomic E-state index is 0.0623. The number of nitrogens with zero attached hydrogens (tertiary/aromatic N) is 1. The van der Waals surface area contributed by atoms with Crippen LogP contribution in [0.25, 0.3) is 0 Å². The van der Waals surface area contributed by atoms with E-state index in [1.54, 1.807) is 6.07 Å². The summed E-state index contributed by atoms with van der Waals surface area (Å²) in [6.07, 6.45) is 3.91. The topological polar surface area (TPSA) is 109 Å². The summed E-state index contributed by atoms with van der Waals surface area (Å²) in [6.45, 7) is 4.13. The summed E-state index contributed by atoms with van der Waals surface area (Å²) in [4.78, 5) is 23.9. The minimum atomic E-state index is -3.77. The average molecular weight is 494 g/mol. The Morgan fingerprint density at radius 2 is 1.77 bits per heavy atom. The van der Waals surface area contributed by atoms with Gasteiger partial charge in [-0.1, -0.05) is 36.9 Å². The third-order valence-electron chi connectivity index (χ3n) is 5.77. The normalized spacial score (nSPS) is 13.3. The van der Waals surface area contributed by atoms with Gasteiger partial charge in [-0.25, -0.2) is 8.42 Å². The number of carbonyl (C=O) groups is 2. The second-order valence-electron chi connectivity index (χ2n) is 8.25. The van der Waals surface area contributed by atoms with Gasteiger partial charge in [0.15, 0.2) is 5.88 Å². The molecule has 35 heavy (non-hydrogen) atoms. The zero-order chi connectivity index (χ0) is 24.8. The molecule has 182 valence electrons. The van der Waals surface area contributed by atoms with Crippen molar-refractivity contribution < 1.29 is 22.4 Å². The van der Waals surface area contributed by atoms with E-state index >= 15 is 0 Å². The van der Waals surface area contributed by atoms with Crippen molar-refractivity contribution in [3.63, 3.8) is 0 Å². The number of amides is 2. The molecular weight excluding hydrogens is 466 g/mol. The number of carbonyl (C=O) groups excluding carboxylic acids is 2. The van der Waals surface area contributed by atoms with Gasteiger partial charge in [-0.15, -0.1) is 0 Å². The lowest BCUT2D eigenvalue weighted by molar-refractivity contribution is -0.112. The Labute approximate surface area is 204 Å². The third kappa shape index (κ3) is 5.87. The second-order valence-corrected chi connectivity index (χ2v) is 10.2. The molecule has 0 bridgehead atoms. The summed E-state index contributed by atoms with van der Waals surface area (Å²) in [5.41, 5.74) is 2.37. The van der Waals surface area contributed by atoms with Crippen LogP contribution in [0.15, 0.2) is 82.6 Å². The number of nitrogens with one attached hydrogen (secondary N) is 2. The summed E-state index contributed by atoms with van der Waals surface area (Å²) in [7, 11) is -3.77. The van der Waals surface area contributed by atoms with E-state index in [9.17, 15) is 18.0 Å². The predicted molar refractivity (Wildman–Crippen MR) is 132 cm³/mol. The number of benzene rings is 2. The molecule has 1 aliphatic rings. The fourth-order valence-corrected chi connectivity index (χ4v) is 5.25. The Kier molecular flexibility index (Phi) is 7.48. The lowest BCUT2D eigenvalue weighted by Gasteiger charge is -2.16. The van der Waals surface area contributed by atoms with E-state index in [1.807, 2.05) is 18.2 Å². The quantitative estimate of drug-likeness (QED) is 0.329. The lowest BCUT2D eigenvalue weighted by atomic mass is 10.1. The first-order valence-electron chi connectivity index (χ1n) is 11.3. The molecule has 3 aromatic rings. The van der Waals surface area contributed by atoms with E-state index in [4.69, 9.17) is 4.42 Å². The monoisotopic (exact) mass is 493 g/mol. The molecule has 0 aliphatic carbocycles. The number of rotatable bonds is 10. The van der Waals surface area contributed by atoms with Gasteiger partial charge in [0, 0.05) is 30.3 Å². The first kappa shape index (κ1) is 24.4. The fourth-order valence-electron chi connectivity index (χ4n) is 3.87. The first-order chi connectivity index (χ1) is 16.9. The molecular formula is C26H27N3O5S. The van der Waals surface area contributed by atoms with Crippen molar-refractivity contribution in [1.29, 1.82) is 0 Å². The maximum atomic E-state index is 13.1. The SMILES string of the molecule is C=CC(=O)Nc1cc2c(o1)CN(S(=O)(=O)c1ccc(C(=O)NCCCCc3ccccc3)cc1)C2. The van der Waals surface area contributed by atoms with Gasteiger partial charge in [0.05, 0.1) is 11.4 Å². The molecule has 2 amide bonds. The number of hydrogen-bond donors (Lipinski definition) is 2. The first-order valence-corrected chi connectivity index (χ1v) is 12.8. The standard InChI is InChI=1S/C26H27N3O5S/c1-2-24(30)28-25-16-21-17-29(18-23(21)34-25)35(32,33)22-13-11-20(12-14-22)26(31)27-15-7-6-10-19-8-4-3-5-9-19/h2-5,8-9,11-14,16H,1,6-7,10,15,17-18H2,(H,27,31)(H,28,30). The molecule has 1 aliphatic heterocycles. The Bertz CT molecular complexity index is 1290. The Balaban J connectivity index is 1.28. The summed E-state index contributed by atoms with van der Waals surface area (Å²) >= 11 is 0. The van der Waals surface area contributed by atoms with Gasteiger partial charge < -0.3 is 9.73 Å². The van der Waals surface area contributed by atoms with Crippen LogP contribution >= 0.6 is 0 Å². The minimum Gasteiger partial charge on any atom is -0.444 e. The van der Waals surface area contributed by atoms with Crippen LogP contribution in [0.5, 0.6) is 0 Å². The molecule has 0 fully saturated rings. The zero-order valence-electron chi connectivity index (χ0n) is 19.2. The summed E-state index contributed by atoms with van der Waals surface area (Å²) in [5.74, 6) is 0.102. The van der Waals surface area contributed by atoms with E-state index in [1.165, 1.54) is 34.1 Å². The summed E-state index contributed by atoms with van der Waals surface area (Å²) in [5, 5.41) is 5.41. The third-order valence-corrected chi connectivity index (χ3v) is 7.58. The van der Waals surface area contributed by atoms with E-state index in [2.05, 4.69) is 29.3 Å². The number of aryl methyl sites for hydroxylation is 1. The number of anilines is 1. The second kappa shape index (κ2) is 10.7. The van der Waals surface area contributed by atoms with Crippen LogP contribution < -0.4 is 10.6 Å². The highest BCUT2D eigenvalue weighted by atomic mass is 32.2. The highest BCUT2D eigenvalue weighted by Crippen LogP contribution is 2.32. The Morgan fingerprint density at radius 1 is 1.03 bits per heavy atom. The van der Waals surface area contributed by atoms with Crippen LogP contribution in [0.2, 0.25) is 0 Å². The number of unbranched alkanes of at least 4 members (excludes halogenated alkanes) is 1. The van der Waals surface area contributed by atoms with Crippen LogP contribution in [0.1, 0.15) is 40.1 Å². The van der Waals surface area contributed by atoms with Crippen LogP contribution in [0.3, 0.4) is 0 Å². The van der Waals surface area contributed by atoms with Gasteiger partial charge in [-0.3, -0.25) is 14.9 Å². The van der Waals surface area contributed by atoms with Crippen molar-refractivity contribution in [2.45, 2.75) is 37.2 Å². The van der Waals surface area contributed by atoms with Crippen molar-refractivity contribution in [3.8, 4) is 0 Å². The van der Waals surface area contributed by atoms with E-state index in [0.29, 0.717) is 23.4 Å². The zero-order valence-corrected chi connectivity index (χ0v) is 20.0. The van der Waals surface area contributed by atoms with Crippen molar-refractivity contribution >= 4 is 27.7 Å². The van der Waals surface area contributed by atoms with Gasteiger partial charge >= 0.3 is 0 Å². The largest absolute Gasteiger partial charge is 0.444 e. The van der Waals surface area contributed by atoms with Gasteiger partial charge in [-0.2, -0.15) is 4.31 Å². The highest BCUT2D eigenvalue weighted by molar-refractivity contribution is 7.89. The van der Waals surface area contributed by atoms with E-state index < -0.39 is 15.9 Å². The number of fused-ring (bicyclic) bond motifs is 1. The summed E-state index contributed by atoms with van der Waals surface area (Å²) in [6, 6.07) is 17.7. The Hall–Kier alpha value is -3.69. The molecule has 2 aromatic carbocycles. The van der Waals surface area contributed by atoms with Crippen LogP contribution in [0, 0.1) is 0 Å². The molecule has 0 radical (unpaired) electrons. The summed E-state index contributed by atoms with van der Waals surface area (Å²) < 4.78 is 33.0. The van der Waals surface area contributed by atoms with Crippen LogP contribution in [0.4, 0.5) is 5.88 Å². The van der Waals surface area contributed by atoms with Crippen molar-refractivity contribution in [3.05, 3.63) is 95.8 Å². The van der Waals surface area contributed by atoms with E-state index in [0.717, 1.165) is 25.3 Å². The van der Waals surface area contributed by atoms with Crippen molar-refractivity contribution in [2.24, 2.45) is 0 Å². The van der Waals surface area contributed by atoms with E-state index in [-0.39, 0.29) is 29.8 Å². The number of hydrogen-bond acceptors (Lipinski definition) is 5. The molecule has 0 spiro atoms. The molecule has 4 rings (SSSR count). The van der Waals surface area contributed by atoms with Gasteiger partial charge in [0.2, 0.25) is 15.9 Å². The van der Waals surface area contributed by atoms with Crippen molar-refractivity contribution in [1.82, 2.24) is 9.62 Å². The van der Waals surface area contributed by atoms with Crippen LogP contribution in [-0.2, 0) is 34.3 Å².